The Morgan fingerprint density at radius 3 is 2.46 bits per heavy atom. The number of alkyl halides is 3. The summed E-state index contributed by atoms with van der Waals surface area (Å²) in [5.74, 6) is -0.762. The van der Waals surface area contributed by atoms with E-state index in [1.807, 2.05) is 0 Å². The molecule has 0 radical (unpaired) electrons. The van der Waals surface area contributed by atoms with E-state index in [1.165, 1.54) is 36.0 Å². The Labute approximate surface area is 148 Å². The minimum absolute atomic E-state index is 0.313. The van der Waals surface area contributed by atoms with Gasteiger partial charge in [-0.2, -0.15) is 18.3 Å². The largest absolute Gasteiger partial charge is 0.435 e. The smallest absolute Gasteiger partial charge is 0.330 e. The number of halogens is 4. The first-order chi connectivity index (χ1) is 12.3. The number of hydrogen-bond acceptors (Lipinski definition) is 2. The minimum atomic E-state index is -4.54. The van der Waals surface area contributed by atoms with Crippen LogP contribution in [0, 0.1) is 5.82 Å². The number of carbonyl (C=O) groups excluding carboxylic acids is 1. The van der Waals surface area contributed by atoms with Gasteiger partial charge in [0.05, 0.1) is 11.7 Å². The summed E-state index contributed by atoms with van der Waals surface area (Å²) in [6, 6.07) is 5.70. The predicted octanol–water partition coefficient (Wildman–Crippen LogP) is 4.34. The third-order valence-corrected chi connectivity index (χ3v) is 4.65. The number of aryl methyl sites for hydroxylation is 1. The monoisotopic (exact) mass is 369 g/mol. The van der Waals surface area contributed by atoms with Crippen molar-refractivity contribution in [3.8, 4) is 0 Å². The number of carbonyl (C=O) groups is 1. The van der Waals surface area contributed by atoms with Crippen LogP contribution in [0.3, 0.4) is 0 Å². The third-order valence-electron chi connectivity index (χ3n) is 4.65. The molecule has 2 heterocycles. The molecule has 1 fully saturated rings. The fourth-order valence-electron chi connectivity index (χ4n) is 3.35. The van der Waals surface area contributed by atoms with Crippen molar-refractivity contribution in [2.45, 2.75) is 37.9 Å². The fraction of sp³-hybridized carbons (Fsp3) is 0.444. The Bertz CT molecular complexity index is 783. The lowest BCUT2D eigenvalue weighted by Crippen LogP contribution is -2.35. The maximum absolute atomic E-state index is 13.1. The van der Waals surface area contributed by atoms with Gasteiger partial charge in [-0.25, -0.2) is 4.39 Å². The first kappa shape index (κ1) is 18.4. The van der Waals surface area contributed by atoms with Gasteiger partial charge in [0.25, 0.3) is 5.91 Å². The molecule has 1 aromatic heterocycles. The molecule has 0 spiro atoms. The molecule has 0 unspecified atom stereocenters. The average Bonchev–Trinajstić information content (AvgIpc) is 2.83. The molecule has 1 atom stereocenters. The topological polar surface area (TPSA) is 38.1 Å². The summed E-state index contributed by atoms with van der Waals surface area (Å²) < 4.78 is 53.3. The van der Waals surface area contributed by atoms with Crippen molar-refractivity contribution in [2.24, 2.45) is 7.05 Å². The number of likely N-dealkylation sites (tertiary alicyclic amines) is 1. The molecule has 0 N–H and O–H groups in total. The molecule has 0 saturated carbocycles. The van der Waals surface area contributed by atoms with E-state index in [4.69, 9.17) is 0 Å². The highest BCUT2D eigenvalue weighted by atomic mass is 19.4. The highest BCUT2D eigenvalue weighted by molar-refractivity contribution is 5.94. The fourth-order valence-corrected chi connectivity index (χ4v) is 3.35. The number of rotatable bonds is 2. The molecule has 26 heavy (non-hydrogen) atoms. The lowest BCUT2D eigenvalue weighted by molar-refractivity contribution is -0.141. The molecule has 0 bridgehead atoms. The van der Waals surface area contributed by atoms with Gasteiger partial charge in [-0.05, 0) is 43.2 Å². The Morgan fingerprint density at radius 2 is 1.85 bits per heavy atom. The zero-order valence-corrected chi connectivity index (χ0v) is 14.3. The van der Waals surface area contributed by atoms with Crippen LogP contribution in [0.4, 0.5) is 17.6 Å². The van der Waals surface area contributed by atoms with Gasteiger partial charge in [0, 0.05) is 19.2 Å². The molecule has 140 valence electrons. The molecule has 0 aliphatic carbocycles. The Balaban J connectivity index is 1.96. The summed E-state index contributed by atoms with van der Waals surface area (Å²) in [4.78, 5) is 14.5. The van der Waals surface area contributed by atoms with Crippen LogP contribution in [-0.2, 0) is 13.2 Å². The van der Waals surface area contributed by atoms with Crippen LogP contribution in [0.15, 0.2) is 30.3 Å². The maximum Gasteiger partial charge on any atom is 0.435 e. The van der Waals surface area contributed by atoms with Crippen molar-refractivity contribution in [3.05, 3.63) is 53.1 Å². The van der Waals surface area contributed by atoms with Crippen molar-refractivity contribution in [2.75, 3.05) is 6.54 Å². The molecule has 2 aromatic rings. The number of benzene rings is 1. The third kappa shape index (κ3) is 3.73. The lowest BCUT2D eigenvalue weighted by Gasteiger charge is -2.30. The summed E-state index contributed by atoms with van der Waals surface area (Å²) in [7, 11) is 1.45. The van der Waals surface area contributed by atoms with Gasteiger partial charge in [-0.1, -0.05) is 12.8 Å². The van der Waals surface area contributed by atoms with Gasteiger partial charge in [0.15, 0.2) is 5.69 Å². The summed E-state index contributed by atoms with van der Waals surface area (Å²) in [6.07, 6.45) is -1.50. The van der Waals surface area contributed by atoms with E-state index in [-0.39, 0.29) is 5.91 Å². The van der Waals surface area contributed by atoms with Gasteiger partial charge >= 0.3 is 6.18 Å². The average molecular weight is 369 g/mol. The second kappa shape index (κ2) is 7.09. The van der Waals surface area contributed by atoms with Gasteiger partial charge in [-0.15, -0.1) is 0 Å². The highest BCUT2D eigenvalue weighted by Crippen LogP contribution is 2.35. The zero-order chi connectivity index (χ0) is 18.9. The molecule has 1 aliphatic rings. The van der Waals surface area contributed by atoms with Gasteiger partial charge in [0.1, 0.15) is 5.82 Å². The van der Waals surface area contributed by atoms with E-state index in [2.05, 4.69) is 5.10 Å². The zero-order valence-electron chi connectivity index (χ0n) is 14.3. The quantitative estimate of drug-likeness (QED) is 0.739. The SMILES string of the molecule is Cn1nc(C(F)(F)F)cc1[C@H]1CCCCCN1C(=O)c1ccc(F)cc1. The van der Waals surface area contributed by atoms with Crippen molar-refractivity contribution in [1.82, 2.24) is 14.7 Å². The molecular weight excluding hydrogens is 350 g/mol. The van der Waals surface area contributed by atoms with E-state index in [0.29, 0.717) is 24.2 Å². The van der Waals surface area contributed by atoms with Crippen LogP contribution in [0.5, 0.6) is 0 Å². The molecule has 1 amide bonds. The Kier molecular flexibility index (Phi) is 5.02. The molecule has 1 aromatic carbocycles. The van der Waals surface area contributed by atoms with E-state index in [0.717, 1.165) is 25.3 Å². The molecular formula is C18H19F4N3O. The van der Waals surface area contributed by atoms with Crippen molar-refractivity contribution < 1.29 is 22.4 Å². The Morgan fingerprint density at radius 1 is 1.15 bits per heavy atom. The van der Waals surface area contributed by atoms with Crippen LogP contribution < -0.4 is 0 Å². The van der Waals surface area contributed by atoms with Crippen LogP contribution >= 0.6 is 0 Å². The predicted molar refractivity (Wildman–Crippen MR) is 86.9 cm³/mol. The number of nitrogens with zero attached hydrogens (tertiary/aromatic N) is 3. The summed E-state index contributed by atoms with van der Waals surface area (Å²) >= 11 is 0. The van der Waals surface area contributed by atoms with Gasteiger partial charge in [-0.3, -0.25) is 9.48 Å². The van der Waals surface area contributed by atoms with E-state index < -0.39 is 23.7 Å². The molecule has 4 nitrogen and oxygen atoms in total. The highest BCUT2D eigenvalue weighted by Gasteiger charge is 2.37. The number of aromatic nitrogens is 2. The van der Waals surface area contributed by atoms with Crippen molar-refractivity contribution >= 4 is 5.91 Å². The first-order valence-electron chi connectivity index (χ1n) is 8.45. The lowest BCUT2D eigenvalue weighted by atomic mass is 10.0. The second-order valence-corrected chi connectivity index (χ2v) is 6.45. The van der Waals surface area contributed by atoms with Gasteiger partial charge < -0.3 is 4.90 Å². The van der Waals surface area contributed by atoms with Crippen molar-refractivity contribution in [1.29, 1.82) is 0 Å². The van der Waals surface area contributed by atoms with E-state index >= 15 is 0 Å². The van der Waals surface area contributed by atoms with Crippen LogP contribution in [0.25, 0.3) is 0 Å². The summed E-state index contributed by atoms with van der Waals surface area (Å²) in [5.41, 5.74) is -0.292. The number of hydrogen-bond donors (Lipinski definition) is 0. The van der Waals surface area contributed by atoms with E-state index in [1.54, 1.807) is 4.90 Å². The Hall–Kier alpha value is -2.38. The van der Waals surface area contributed by atoms with E-state index in [9.17, 15) is 22.4 Å². The molecule has 1 saturated heterocycles. The van der Waals surface area contributed by atoms with Crippen molar-refractivity contribution in [3.63, 3.8) is 0 Å². The molecule has 8 heteroatoms. The standard InChI is InChI=1S/C18H19F4N3O/c1-24-15(11-16(23-24)18(20,21)22)14-5-3-2-4-10-25(14)17(26)12-6-8-13(19)9-7-12/h6-9,11,14H,2-5,10H2,1H3/t14-/m1/s1. The van der Waals surface area contributed by atoms with Gasteiger partial charge in [0.2, 0.25) is 0 Å². The maximum atomic E-state index is 13.1. The summed E-state index contributed by atoms with van der Waals surface area (Å²) in [5, 5.41) is 3.57. The van der Waals surface area contributed by atoms with Crippen LogP contribution in [0.1, 0.15) is 53.5 Å². The molecule has 1 aliphatic heterocycles. The summed E-state index contributed by atoms with van der Waals surface area (Å²) in [6.45, 7) is 0.438. The van der Waals surface area contributed by atoms with Crippen LogP contribution in [0.2, 0.25) is 0 Å². The van der Waals surface area contributed by atoms with Crippen LogP contribution in [-0.4, -0.2) is 27.1 Å². The second-order valence-electron chi connectivity index (χ2n) is 6.45. The normalized spacial score (nSPS) is 18.7. The first-order valence-corrected chi connectivity index (χ1v) is 8.45. The number of amides is 1. The molecule has 3 rings (SSSR count). The minimum Gasteiger partial charge on any atom is -0.330 e.